The largest absolute Gasteiger partial charge is 0.481 e. The standard InChI is InChI=1S/C11H22N2O4S/c1-5-11(9(14)15)6-7-13(8-11)18(16,17)12-10(2,3)4/h12H,5-8H2,1-4H3,(H,14,15). The molecule has 0 aromatic rings. The van der Waals surface area contributed by atoms with E-state index in [1.807, 2.05) is 0 Å². The van der Waals surface area contributed by atoms with Crippen LogP contribution in [-0.4, -0.2) is 42.4 Å². The van der Waals surface area contributed by atoms with Crippen LogP contribution in [0.5, 0.6) is 0 Å². The van der Waals surface area contributed by atoms with Crippen LogP contribution in [0.3, 0.4) is 0 Å². The molecule has 1 rings (SSSR count). The second-order valence-electron chi connectivity index (χ2n) is 5.88. The van der Waals surface area contributed by atoms with Gasteiger partial charge in [-0.25, -0.2) is 0 Å². The SMILES string of the molecule is CCC1(C(=O)O)CCN(S(=O)(=O)NC(C)(C)C)C1. The minimum Gasteiger partial charge on any atom is -0.481 e. The molecule has 0 bridgehead atoms. The molecule has 1 fully saturated rings. The van der Waals surface area contributed by atoms with E-state index >= 15 is 0 Å². The van der Waals surface area contributed by atoms with Crippen molar-refractivity contribution in [1.82, 2.24) is 9.03 Å². The molecule has 0 amide bonds. The van der Waals surface area contributed by atoms with Crippen molar-refractivity contribution in [2.45, 2.75) is 46.1 Å². The number of aliphatic carboxylic acids is 1. The van der Waals surface area contributed by atoms with Crippen molar-refractivity contribution < 1.29 is 18.3 Å². The van der Waals surface area contributed by atoms with Crippen molar-refractivity contribution in [2.75, 3.05) is 13.1 Å². The van der Waals surface area contributed by atoms with E-state index in [0.29, 0.717) is 12.8 Å². The first-order valence-corrected chi connectivity index (χ1v) is 7.49. The highest BCUT2D eigenvalue weighted by Gasteiger charge is 2.47. The molecule has 0 spiro atoms. The topological polar surface area (TPSA) is 86.7 Å². The third kappa shape index (κ3) is 3.21. The Hall–Kier alpha value is -0.660. The highest BCUT2D eigenvalue weighted by atomic mass is 32.2. The molecule has 1 unspecified atom stereocenters. The number of carbonyl (C=O) groups is 1. The third-order valence-electron chi connectivity index (χ3n) is 3.22. The van der Waals surface area contributed by atoms with Crippen molar-refractivity contribution in [3.8, 4) is 0 Å². The van der Waals surface area contributed by atoms with Crippen LogP contribution in [0, 0.1) is 5.41 Å². The monoisotopic (exact) mass is 278 g/mol. The summed E-state index contributed by atoms with van der Waals surface area (Å²) in [7, 11) is -3.61. The van der Waals surface area contributed by atoms with Crippen LogP contribution in [0.15, 0.2) is 0 Å². The summed E-state index contributed by atoms with van der Waals surface area (Å²) >= 11 is 0. The molecule has 0 aromatic carbocycles. The highest BCUT2D eigenvalue weighted by molar-refractivity contribution is 7.87. The molecule has 7 heteroatoms. The van der Waals surface area contributed by atoms with Crippen LogP contribution in [0.2, 0.25) is 0 Å². The van der Waals surface area contributed by atoms with Gasteiger partial charge in [-0.05, 0) is 33.6 Å². The van der Waals surface area contributed by atoms with Crippen molar-refractivity contribution >= 4 is 16.2 Å². The summed E-state index contributed by atoms with van der Waals surface area (Å²) in [6, 6.07) is 0. The van der Waals surface area contributed by atoms with Crippen LogP contribution in [0.1, 0.15) is 40.5 Å². The van der Waals surface area contributed by atoms with Gasteiger partial charge in [-0.2, -0.15) is 17.4 Å². The molecule has 18 heavy (non-hydrogen) atoms. The number of rotatable bonds is 4. The molecular weight excluding hydrogens is 256 g/mol. The fourth-order valence-electron chi connectivity index (χ4n) is 2.11. The van der Waals surface area contributed by atoms with E-state index in [1.165, 1.54) is 4.31 Å². The average molecular weight is 278 g/mol. The maximum Gasteiger partial charge on any atom is 0.311 e. The fraction of sp³-hybridized carbons (Fsp3) is 0.909. The molecule has 0 saturated carbocycles. The summed E-state index contributed by atoms with van der Waals surface area (Å²) in [6.07, 6.45) is 0.799. The number of hydrogen-bond acceptors (Lipinski definition) is 3. The zero-order valence-electron chi connectivity index (χ0n) is 11.4. The Kier molecular flexibility index (Phi) is 4.10. The lowest BCUT2D eigenvalue weighted by molar-refractivity contribution is -0.148. The predicted molar refractivity (Wildman–Crippen MR) is 68.4 cm³/mol. The van der Waals surface area contributed by atoms with Gasteiger partial charge in [-0.3, -0.25) is 4.79 Å². The predicted octanol–water partition coefficient (Wildman–Crippen LogP) is 0.806. The molecule has 1 aliphatic heterocycles. The Balaban J connectivity index is 2.87. The average Bonchev–Trinajstić information content (AvgIpc) is 2.59. The fourth-order valence-corrected chi connectivity index (χ4v) is 3.76. The van der Waals surface area contributed by atoms with Crippen molar-refractivity contribution in [3.63, 3.8) is 0 Å². The lowest BCUT2D eigenvalue weighted by Crippen LogP contribution is -2.49. The van der Waals surface area contributed by atoms with Crippen molar-refractivity contribution in [1.29, 1.82) is 0 Å². The van der Waals surface area contributed by atoms with E-state index in [4.69, 9.17) is 0 Å². The lowest BCUT2D eigenvalue weighted by atomic mass is 9.85. The number of carboxylic acid groups (broad SMARTS) is 1. The van der Waals surface area contributed by atoms with Gasteiger partial charge in [0.05, 0.1) is 5.41 Å². The molecule has 106 valence electrons. The normalized spacial score (nSPS) is 26.4. The third-order valence-corrected chi connectivity index (χ3v) is 5.09. The van der Waals surface area contributed by atoms with E-state index in [9.17, 15) is 18.3 Å². The van der Waals surface area contributed by atoms with Gasteiger partial charge < -0.3 is 5.11 Å². The minimum absolute atomic E-state index is 0.0459. The van der Waals surface area contributed by atoms with Crippen LogP contribution >= 0.6 is 0 Å². The van der Waals surface area contributed by atoms with Gasteiger partial charge in [-0.1, -0.05) is 6.92 Å². The van der Waals surface area contributed by atoms with Crippen LogP contribution in [-0.2, 0) is 15.0 Å². The molecule has 0 aromatic heterocycles. The number of carboxylic acids is 1. The van der Waals surface area contributed by atoms with Crippen LogP contribution < -0.4 is 4.72 Å². The first-order chi connectivity index (χ1) is 8.02. The Morgan fingerprint density at radius 1 is 1.44 bits per heavy atom. The summed E-state index contributed by atoms with van der Waals surface area (Å²) < 4.78 is 28.0. The molecule has 1 aliphatic rings. The van der Waals surface area contributed by atoms with E-state index in [1.54, 1.807) is 27.7 Å². The molecule has 2 N–H and O–H groups in total. The van der Waals surface area contributed by atoms with Crippen LogP contribution in [0.25, 0.3) is 0 Å². The van der Waals surface area contributed by atoms with Gasteiger partial charge >= 0.3 is 5.97 Å². The first kappa shape index (κ1) is 15.4. The molecular formula is C11H22N2O4S. The highest BCUT2D eigenvalue weighted by Crippen LogP contribution is 2.35. The van der Waals surface area contributed by atoms with Crippen molar-refractivity contribution in [2.24, 2.45) is 5.41 Å². The summed E-state index contributed by atoms with van der Waals surface area (Å²) in [6.45, 7) is 7.35. The molecule has 1 atom stereocenters. The molecule has 0 radical (unpaired) electrons. The van der Waals surface area contributed by atoms with Gasteiger partial charge in [0.1, 0.15) is 0 Å². The maximum absolute atomic E-state index is 12.1. The van der Waals surface area contributed by atoms with Gasteiger partial charge in [0.25, 0.3) is 10.2 Å². The van der Waals surface area contributed by atoms with Crippen molar-refractivity contribution in [3.05, 3.63) is 0 Å². The van der Waals surface area contributed by atoms with E-state index in [-0.39, 0.29) is 13.1 Å². The summed E-state index contributed by atoms with van der Waals surface area (Å²) in [5.74, 6) is -0.918. The smallest absolute Gasteiger partial charge is 0.311 e. The molecule has 0 aliphatic carbocycles. The maximum atomic E-state index is 12.1. The second-order valence-corrected chi connectivity index (χ2v) is 7.55. The van der Waals surface area contributed by atoms with E-state index < -0.39 is 27.1 Å². The molecule has 6 nitrogen and oxygen atoms in total. The van der Waals surface area contributed by atoms with E-state index in [0.717, 1.165) is 0 Å². The Morgan fingerprint density at radius 2 is 2.00 bits per heavy atom. The number of nitrogens with one attached hydrogen (secondary N) is 1. The Bertz CT molecular complexity index is 427. The first-order valence-electron chi connectivity index (χ1n) is 6.05. The van der Waals surface area contributed by atoms with Gasteiger partial charge in [-0.15, -0.1) is 0 Å². The Morgan fingerprint density at radius 3 is 2.33 bits per heavy atom. The summed E-state index contributed by atoms with van der Waals surface area (Å²) in [5.41, 5.74) is -1.51. The van der Waals surface area contributed by atoms with Gasteiger partial charge in [0, 0.05) is 18.6 Å². The quantitative estimate of drug-likeness (QED) is 0.796. The minimum atomic E-state index is -3.61. The number of hydrogen-bond donors (Lipinski definition) is 2. The van der Waals surface area contributed by atoms with Crippen LogP contribution in [0.4, 0.5) is 0 Å². The summed E-state index contributed by atoms with van der Waals surface area (Å²) in [4.78, 5) is 11.3. The molecule has 1 saturated heterocycles. The number of nitrogens with zero attached hydrogens (tertiary/aromatic N) is 1. The van der Waals surface area contributed by atoms with E-state index in [2.05, 4.69) is 4.72 Å². The zero-order chi connectivity index (χ0) is 14.2. The molecule has 1 heterocycles. The van der Waals surface area contributed by atoms with Gasteiger partial charge in [0.15, 0.2) is 0 Å². The summed E-state index contributed by atoms with van der Waals surface area (Å²) in [5, 5.41) is 9.24. The second kappa shape index (κ2) is 4.79. The lowest BCUT2D eigenvalue weighted by Gasteiger charge is -2.26. The Labute approximate surface area is 109 Å². The van der Waals surface area contributed by atoms with Gasteiger partial charge in [0.2, 0.25) is 0 Å². The zero-order valence-corrected chi connectivity index (χ0v) is 12.2.